The summed E-state index contributed by atoms with van der Waals surface area (Å²) in [5.74, 6) is 0.785. The van der Waals surface area contributed by atoms with Crippen LogP contribution in [0.25, 0.3) is 0 Å². The molecule has 0 aliphatic carbocycles. The van der Waals surface area contributed by atoms with E-state index in [1.807, 2.05) is 26.8 Å². The van der Waals surface area contributed by atoms with Crippen molar-refractivity contribution in [3.8, 4) is 5.75 Å². The van der Waals surface area contributed by atoms with Gasteiger partial charge in [0.05, 0.1) is 12.6 Å². The highest BCUT2D eigenvalue weighted by Crippen LogP contribution is 2.19. The normalized spacial score (nSPS) is 11.8. The molecule has 26 heavy (non-hydrogen) atoms. The lowest BCUT2D eigenvalue weighted by Gasteiger charge is -2.24. The van der Waals surface area contributed by atoms with Gasteiger partial charge in [-0.1, -0.05) is 12.1 Å². The second kappa shape index (κ2) is 9.15. The Morgan fingerprint density at radius 3 is 2.54 bits per heavy atom. The Balaban J connectivity index is 1.87. The number of hydrogen-bond acceptors (Lipinski definition) is 5. The number of carbonyl (C=O) groups is 1. The van der Waals surface area contributed by atoms with E-state index >= 15 is 0 Å². The van der Waals surface area contributed by atoms with Crippen molar-refractivity contribution < 1.29 is 15.0 Å². The first kappa shape index (κ1) is 19.7. The van der Waals surface area contributed by atoms with Gasteiger partial charge in [0.2, 0.25) is 0 Å². The number of rotatable bonds is 7. The molecule has 0 bridgehead atoms. The van der Waals surface area contributed by atoms with Crippen LogP contribution in [0, 0.1) is 13.8 Å². The number of aliphatic hydroxyl groups is 1. The first-order valence-corrected chi connectivity index (χ1v) is 8.70. The monoisotopic (exact) mass is 358 g/mol. The maximum Gasteiger partial charge on any atom is 0.317 e. The first-order valence-electron chi connectivity index (χ1n) is 8.70. The summed E-state index contributed by atoms with van der Waals surface area (Å²) in [6.45, 7) is 6.70. The highest BCUT2D eigenvalue weighted by atomic mass is 16.3. The van der Waals surface area contributed by atoms with Crippen LogP contribution < -0.4 is 5.32 Å². The van der Waals surface area contributed by atoms with Crippen LogP contribution >= 0.6 is 0 Å². The molecule has 7 heteroatoms. The number of hydrogen-bond donors (Lipinski definition) is 3. The van der Waals surface area contributed by atoms with E-state index < -0.39 is 6.10 Å². The fourth-order valence-corrected chi connectivity index (χ4v) is 2.71. The molecular weight excluding hydrogens is 332 g/mol. The molecule has 140 valence electrons. The SMILES string of the molecule is CCN(C[C@@H](O)c1cccc(O)c1)C(=O)NCCc1nc(C)cc(C)n1. The van der Waals surface area contributed by atoms with Crippen LogP contribution in [0.15, 0.2) is 30.3 Å². The van der Waals surface area contributed by atoms with Gasteiger partial charge in [0.25, 0.3) is 0 Å². The molecule has 3 N–H and O–H groups in total. The van der Waals surface area contributed by atoms with E-state index in [2.05, 4.69) is 15.3 Å². The Bertz CT molecular complexity index is 731. The third kappa shape index (κ3) is 5.70. The summed E-state index contributed by atoms with van der Waals surface area (Å²) >= 11 is 0. The summed E-state index contributed by atoms with van der Waals surface area (Å²) in [7, 11) is 0. The lowest BCUT2D eigenvalue weighted by atomic mass is 10.1. The van der Waals surface area contributed by atoms with Gasteiger partial charge in [0.15, 0.2) is 0 Å². The standard InChI is InChI=1S/C19H26N4O3/c1-4-23(12-17(25)15-6-5-7-16(24)11-15)19(26)20-9-8-18-21-13(2)10-14(3)22-18/h5-7,10-11,17,24-25H,4,8-9,12H2,1-3H3,(H,20,26)/t17-/m1/s1. The summed E-state index contributed by atoms with van der Waals surface area (Å²) in [6, 6.07) is 8.06. The molecule has 0 spiro atoms. The van der Waals surface area contributed by atoms with Gasteiger partial charge in [-0.2, -0.15) is 0 Å². The number of aryl methyl sites for hydroxylation is 2. The van der Waals surface area contributed by atoms with Gasteiger partial charge >= 0.3 is 6.03 Å². The summed E-state index contributed by atoms with van der Waals surface area (Å²) < 4.78 is 0. The summed E-state index contributed by atoms with van der Waals surface area (Å²) in [4.78, 5) is 22.6. The van der Waals surface area contributed by atoms with Gasteiger partial charge in [-0.15, -0.1) is 0 Å². The van der Waals surface area contributed by atoms with Crippen LogP contribution in [-0.2, 0) is 6.42 Å². The Kier molecular flexibility index (Phi) is 6.91. The molecule has 0 unspecified atom stereocenters. The Hall–Kier alpha value is -2.67. The summed E-state index contributed by atoms with van der Waals surface area (Å²) in [5, 5.41) is 22.7. The second-order valence-electron chi connectivity index (χ2n) is 6.20. The van der Waals surface area contributed by atoms with Crippen molar-refractivity contribution in [3.05, 3.63) is 53.1 Å². The van der Waals surface area contributed by atoms with Gasteiger partial charge in [-0.25, -0.2) is 14.8 Å². The van der Waals surface area contributed by atoms with Gasteiger partial charge in [0, 0.05) is 30.9 Å². The third-order valence-corrected chi connectivity index (χ3v) is 3.97. The number of amides is 2. The first-order chi connectivity index (χ1) is 12.4. The van der Waals surface area contributed by atoms with Crippen molar-refractivity contribution in [1.82, 2.24) is 20.2 Å². The van der Waals surface area contributed by atoms with Gasteiger partial charge < -0.3 is 20.4 Å². The molecule has 1 aromatic carbocycles. The van der Waals surface area contributed by atoms with Crippen LogP contribution in [0.2, 0.25) is 0 Å². The van der Waals surface area contributed by atoms with E-state index in [4.69, 9.17) is 0 Å². The smallest absolute Gasteiger partial charge is 0.317 e. The minimum atomic E-state index is -0.865. The van der Waals surface area contributed by atoms with Crippen LogP contribution in [0.5, 0.6) is 5.75 Å². The Labute approximate surface area is 153 Å². The van der Waals surface area contributed by atoms with E-state index in [9.17, 15) is 15.0 Å². The molecule has 2 aromatic rings. The van der Waals surface area contributed by atoms with Gasteiger partial charge in [-0.3, -0.25) is 0 Å². The number of benzene rings is 1. The van der Waals surface area contributed by atoms with Crippen LogP contribution in [0.4, 0.5) is 4.79 Å². The lowest BCUT2D eigenvalue weighted by molar-refractivity contribution is 0.123. The van der Waals surface area contributed by atoms with Crippen molar-refractivity contribution >= 4 is 6.03 Å². The quantitative estimate of drug-likeness (QED) is 0.704. The Morgan fingerprint density at radius 2 is 1.92 bits per heavy atom. The van der Waals surface area contributed by atoms with E-state index in [0.29, 0.717) is 30.9 Å². The lowest BCUT2D eigenvalue weighted by Crippen LogP contribution is -2.42. The summed E-state index contributed by atoms with van der Waals surface area (Å²) in [5.41, 5.74) is 2.38. The maximum absolute atomic E-state index is 12.3. The third-order valence-electron chi connectivity index (χ3n) is 3.97. The average Bonchev–Trinajstić information content (AvgIpc) is 2.58. The van der Waals surface area contributed by atoms with Crippen molar-refractivity contribution in [2.24, 2.45) is 0 Å². The van der Waals surface area contributed by atoms with Crippen LogP contribution in [-0.4, -0.2) is 50.7 Å². The van der Waals surface area contributed by atoms with E-state index in [0.717, 1.165) is 11.4 Å². The molecule has 7 nitrogen and oxygen atoms in total. The predicted molar refractivity (Wildman–Crippen MR) is 98.9 cm³/mol. The number of carbonyl (C=O) groups excluding carboxylic acids is 1. The molecule has 2 rings (SSSR count). The number of aliphatic hydroxyl groups excluding tert-OH is 1. The number of nitrogens with zero attached hydrogens (tertiary/aromatic N) is 3. The zero-order valence-corrected chi connectivity index (χ0v) is 15.4. The number of phenols is 1. The van der Waals surface area contributed by atoms with E-state index in [1.165, 1.54) is 17.0 Å². The molecular formula is C19H26N4O3. The fourth-order valence-electron chi connectivity index (χ4n) is 2.71. The van der Waals surface area contributed by atoms with Crippen LogP contribution in [0.3, 0.4) is 0 Å². The highest BCUT2D eigenvalue weighted by molar-refractivity contribution is 5.74. The molecule has 0 aliphatic rings. The van der Waals surface area contributed by atoms with Crippen molar-refractivity contribution in [1.29, 1.82) is 0 Å². The maximum atomic E-state index is 12.3. The summed E-state index contributed by atoms with van der Waals surface area (Å²) in [6.07, 6.45) is -0.323. The molecule has 0 saturated carbocycles. The molecule has 2 amide bonds. The molecule has 0 radical (unpaired) electrons. The van der Waals surface area contributed by atoms with Crippen molar-refractivity contribution in [2.75, 3.05) is 19.6 Å². The predicted octanol–water partition coefficient (Wildman–Crippen LogP) is 2.11. The number of nitrogens with one attached hydrogen (secondary N) is 1. The molecule has 0 aliphatic heterocycles. The van der Waals surface area contributed by atoms with E-state index in [-0.39, 0.29) is 18.3 Å². The zero-order chi connectivity index (χ0) is 19.1. The zero-order valence-electron chi connectivity index (χ0n) is 15.4. The highest BCUT2D eigenvalue weighted by Gasteiger charge is 2.17. The second-order valence-corrected chi connectivity index (χ2v) is 6.20. The van der Waals surface area contributed by atoms with Crippen molar-refractivity contribution in [2.45, 2.75) is 33.3 Å². The molecule has 1 atom stereocenters. The topological polar surface area (TPSA) is 98.6 Å². The number of aromatic hydroxyl groups is 1. The number of phenolic OH excluding ortho intramolecular Hbond substituents is 1. The van der Waals surface area contributed by atoms with Gasteiger partial charge in [-0.05, 0) is 44.5 Å². The largest absolute Gasteiger partial charge is 0.508 e. The molecule has 1 heterocycles. The number of urea groups is 1. The molecule has 0 saturated heterocycles. The van der Waals surface area contributed by atoms with Crippen molar-refractivity contribution in [3.63, 3.8) is 0 Å². The Morgan fingerprint density at radius 1 is 1.23 bits per heavy atom. The number of aromatic nitrogens is 2. The molecule has 1 aromatic heterocycles. The number of likely N-dealkylation sites (N-methyl/N-ethyl adjacent to an activating group) is 1. The van der Waals surface area contributed by atoms with Crippen LogP contribution in [0.1, 0.15) is 35.8 Å². The fraction of sp³-hybridized carbons (Fsp3) is 0.421. The minimum absolute atomic E-state index is 0.0856. The average molecular weight is 358 g/mol. The van der Waals surface area contributed by atoms with Gasteiger partial charge in [0.1, 0.15) is 11.6 Å². The minimum Gasteiger partial charge on any atom is -0.508 e. The van der Waals surface area contributed by atoms with E-state index in [1.54, 1.807) is 12.1 Å². The molecule has 0 fully saturated rings.